The number of hydrogen-bond acceptors (Lipinski definition) is 1. The first-order valence-corrected chi connectivity index (χ1v) is 3.71. The van der Waals surface area contributed by atoms with Crippen molar-refractivity contribution in [2.24, 2.45) is 5.73 Å². The van der Waals surface area contributed by atoms with E-state index in [4.69, 9.17) is 5.73 Å². The molecule has 0 aromatic heterocycles. The quantitative estimate of drug-likeness (QED) is 0.642. The van der Waals surface area contributed by atoms with Crippen molar-refractivity contribution < 1.29 is 4.39 Å². The molecule has 1 atom stereocenters. The van der Waals surface area contributed by atoms with Gasteiger partial charge in [-0.15, -0.1) is 0 Å². The van der Waals surface area contributed by atoms with Crippen molar-refractivity contribution in [3.8, 4) is 0 Å². The highest BCUT2D eigenvalue weighted by atomic mass is 19.1. The molecule has 1 nitrogen and oxygen atoms in total. The van der Waals surface area contributed by atoms with Crippen molar-refractivity contribution in [2.75, 3.05) is 6.54 Å². The van der Waals surface area contributed by atoms with E-state index in [0.717, 1.165) is 5.57 Å². The first-order chi connectivity index (χ1) is 5.34. The molecule has 2 N–H and O–H groups in total. The van der Waals surface area contributed by atoms with E-state index in [1.807, 2.05) is 24.3 Å². The molecule has 0 aliphatic heterocycles. The fourth-order valence-corrected chi connectivity index (χ4v) is 0.978. The monoisotopic (exact) mass is 153 g/mol. The summed E-state index contributed by atoms with van der Waals surface area (Å²) in [6.45, 7) is 0.0769. The summed E-state index contributed by atoms with van der Waals surface area (Å²) >= 11 is 0. The molecule has 11 heavy (non-hydrogen) atoms. The molecular formula is C9H12FN. The second-order valence-electron chi connectivity index (χ2n) is 2.46. The summed E-state index contributed by atoms with van der Waals surface area (Å²) < 4.78 is 12.9. The Hall–Kier alpha value is -0.890. The lowest BCUT2D eigenvalue weighted by Gasteiger charge is -2.06. The van der Waals surface area contributed by atoms with E-state index in [9.17, 15) is 4.39 Å². The lowest BCUT2D eigenvalue weighted by Crippen LogP contribution is -2.17. The highest BCUT2D eigenvalue weighted by Gasteiger charge is 2.08. The zero-order valence-corrected chi connectivity index (χ0v) is 6.33. The topological polar surface area (TPSA) is 26.0 Å². The zero-order chi connectivity index (χ0) is 8.10. The van der Waals surface area contributed by atoms with Crippen LogP contribution < -0.4 is 5.73 Å². The van der Waals surface area contributed by atoms with Gasteiger partial charge in [-0.1, -0.05) is 30.4 Å². The van der Waals surface area contributed by atoms with Crippen molar-refractivity contribution in [1.82, 2.24) is 0 Å². The van der Waals surface area contributed by atoms with Crippen LogP contribution >= 0.6 is 0 Å². The average Bonchev–Trinajstić information content (AvgIpc) is 2.30. The van der Waals surface area contributed by atoms with Gasteiger partial charge in [0.1, 0.15) is 6.17 Å². The lowest BCUT2D eigenvalue weighted by molar-refractivity contribution is 0.385. The Labute approximate surface area is 66.1 Å². The second kappa shape index (κ2) is 4.09. The lowest BCUT2D eigenvalue weighted by atomic mass is 10.1. The van der Waals surface area contributed by atoms with Crippen LogP contribution in [-0.4, -0.2) is 12.7 Å². The van der Waals surface area contributed by atoms with Crippen LogP contribution in [0.4, 0.5) is 4.39 Å². The van der Waals surface area contributed by atoms with Crippen molar-refractivity contribution in [2.45, 2.75) is 12.6 Å². The molecule has 0 fully saturated rings. The molecule has 0 bridgehead atoms. The minimum absolute atomic E-state index is 0.0769. The maximum absolute atomic E-state index is 12.9. The van der Waals surface area contributed by atoms with Crippen LogP contribution in [0.3, 0.4) is 0 Å². The number of nitrogens with two attached hydrogens (primary N) is 1. The summed E-state index contributed by atoms with van der Waals surface area (Å²) in [7, 11) is 0. The van der Waals surface area contributed by atoms with Gasteiger partial charge in [0.25, 0.3) is 0 Å². The summed E-state index contributed by atoms with van der Waals surface area (Å²) in [6.07, 6.45) is 9.03. The molecular weight excluding hydrogens is 141 g/mol. The zero-order valence-electron chi connectivity index (χ0n) is 6.33. The van der Waals surface area contributed by atoms with Gasteiger partial charge in [0.05, 0.1) is 0 Å². The fourth-order valence-electron chi connectivity index (χ4n) is 0.978. The van der Waals surface area contributed by atoms with E-state index in [0.29, 0.717) is 6.42 Å². The van der Waals surface area contributed by atoms with Crippen LogP contribution in [0.25, 0.3) is 0 Å². The average molecular weight is 153 g/mol. The van der Waals surface area contributed by atoms with Gasteiger partial charge in [-0.05, 0) is 12.0 Å². The fraction of sp³-hybridized carbons (Fsp3) is 0.333. The van der Waals surface area contributed by atoms with Gasteiger partial charge in [-0.2, -0.15) is 0 Å². The standard InChI is InChI=1S/C9H12FN/c10-9(7-11)8-5-3-1-2-4-6-8/h1-5,9H,6-7,11H2. The third-order valence-electron chi connectivity index (χ3n) is 1.63. The molecule has 60 valence electrons. The molecule has 0 heterocycles. The smallest absolute Gasteiger partial charge is 0.134 e. The summed E-state index contributed by atoms with van der Waals surface area (Å²) in [6, 6.07) is 0. The van der Waals surface area contributed by atoms with Crippen LogP contribution in [0, 0.1) is 0 Å². The highest BCUT2D eigenvalue weighted by molar-refractivity contribution is 5.25. The van der Waals surface area contributed by atoms with E-state index in [-0.39, 0.29) is 6.54 Å². The van der Waals surface area contributed by atoms with E-state index in [1.54, 1.807) is 6.08 Å². The number of rotatable bonds is 2. The molecule has 0 saturated carbocycles. The molecule has 0 radical (unpaired) electrons. The SMILES string of the molecule is NCC(F)C1=CC=CC=CC1. The summed E-state index contributed by atoms with van der Waals surface area (Å²) in [5.74, 6) is 0. The van der Waals surface area contributed by atoms with Crippen LogP contribution in [0.5, 0.6) is 0 Å². The predicted molar refractivity (Wildman–Crippen MR) is 44.9 cm³/mol. The Morgan fingerprint density at radius 1 is 1.45 bits per heavy atom. The molecule has 1 aliphatic carbocycles. The Morgan fingerprint density at radius 3 is 3.00 bits per heavy atom. The molecule has 1 aliphatic rings. The van der Waals surface area contributed by atoms with Crippen molar-refractivity contribution in [3.05, 3.63) is 36.0 Å². The Kier molecular flexibility index (Phi) is 3.05. The third kappa shape index (κ3) is 2.31. The summed E-state index contributed by atoms with van der Waals surface area (Å²) in [5, 5.41) is 0. The molecule has 1 rings (SSSR count). The molecule has 2 heteroatoms. The van der Waals surface area contributed by atoms with Gasteiger partial charge in [-0.3, -0.25) is 0 Å². The van der Waals surface area contributed by atoms with E-state index < -0.39 is 6.17 Å². The maximum Gasteiger partial charge on any atom is 0.134 e. The highest BCUT2D eigenvalue weighted by Crippen LogP contribution is 2.13. The van der Waals surface area contributed by atoms with Crippen LogP contribution in [0.1, 0.15) is 6.42 Å². The van der Waals surface area contributed by atoms with Crippen LogP contribution in [0.15, 0.2) is 36.0 Å². The minimum atomic E-state index is -0.984. The predicted octanol–water partition coefficient (Wildman–Crippen LogP) is 1.73. The molecule has 1 unspecified atom stereocenters. The van der Waals surface area contributed by atoms with E-state index in [2.05, 4.69) is 0 Å². The molecule has 0 saturated heterocycles. The van der Waals surface area contributed by atoms with Gasteiger partial charge < -0.3 is 5.73 Å². The van der Waals surface area contributed by atoms with E-state index >= 15 is 0 Å². The Morgan fingerprint density at radius 2 is 2.27 bits per heavy atom. The van der Waals surface area contributed by atoms with Gasteiger partial charge in [0, 0.05) is 6.54 Å². The number of halogens is 1. The molecule has 0 spiro atoms. The maximum atomic E-state index is 12.9. The van der Waals surface area contributed by atoms with Crippen molar-refractivity contribution in [1.29, 1.82) is 0 Å². The van der Waals surface area contributed by atoms with Crippen molar-refractivity contribution >= 4 is 0 Å². The first kappa shape index (κ1) is 8.21. The summed E-state index contributed by atoms with van der Waals surface area (Å²) in [4.78, 5) is 0. The second-order valence-corrected chi connectivity index (χ2v) is 2.46. The number of hydrogen-bond donors (Lipinski definition) is 1. The van der Waals surface area contributed by atoms with Crippen molar-refractivity contribution in [3.63, 3.8) is 0 Å². The minimum Gasteiger partial charge on any atom is -0.327 e. The van der Waals surface area contributed by atoms with Gasteiger partial charge in [-0.25, -0.2) is 4.39 Å². The Bertz CT molecular complexity index is 204. The van der Waals surface area contributed by atoms with Crippen LogP contribution in [-0.2, 0) is 0 Å². The number of allylic oxidation sites excluding steroid dienone is 5. The van der Waals surface area contributed by atoms with Gasteiger partial charge in [0.2, 0.25) is 0 Å². The van der Waals surface area contributed by atoms with Crippen LogP contribution in [0.2, 0.25) is 0 Å². The summed E-state index contributed by atoms with van der Waals surface area (Å²) in [5.41, 5.74) is 5.95. The molecule has 0 amide bonds. The number of alkyl halides is 1. The van der Waals surface area contributed by atoms with E-state index in [1.165, 1.54) is 0 Å². The first-order valence-electron chi connectivity index (χ1n) is 3.71. The Balaban J connectivity index is 2.64. The van der Waals surface area contributed by atoms with Gasteiger partial charge >= 0.3 is 0 Å². The van der Waals surface area contributed by atoms with Gasteiger partial charge in [0.15, 0.2) is 0 Å². The third-order valence-corrected chi connectivity index (χ3v) is 1.63. The molecule has 0 aromatic rings. The largest absolute Gasteiger partial charge is 0.327 e. The normalized spacial score (nSPS) is 19.3. The molecule has 0 aromatic carbocycles.